The molecule has 0 spiro atoms. The van der Waals surface area contributed by atoms with Crippen molar-refractivity contribution in [3.63, 3.8) is 0 Å². The number of halogens is 2. The molecule has 2 rings (SSSR count). The van der Waals surface area contributed by atoms with Crippen LogP contribution >= 0.6 is 46.9 Å². The monoisotopic (exact) mass is 514 g/mol. The number of aryl methyl sites for hydroxylation is 1. The summed E-state index contributed by atoms with van der Waals surface area (Å²) in [4.78, 5) is 5.30. The van der Waals surface area contributed by atoms with Gasteiger partial charge in [-0.15, -0.1) is 45.5 Å². The standard InChI is InChI=1S/C15H23ClN6O2S.HI/c1-10-20-21-14(22(10)2)9-19-15(17-6-7-24-3)18-8-11(23)12-4-5-13(16)25-12;/h4-5,11,23H,6-9H2,1-3H3,(H2,17,18,19);1H. The number of rotatable bonds is 8. The predicted octanol–water partition coefficient (Wildman–Crippen LogP) is 1.87. The average molecular weight is 515 g/mol. The summed E-state index contributed by atoms with van der Waals surface area (Å²) in [6.45, 7) is 3.72. The van der Waals surface area contributed by atoms with Crippen LogP contribution in [0.4, 0.5) is 0 Å². The highest BCUT2D eigenvalue weighted by atomic mass is 127. The van der Waals surface area contributed by atoms with Crippen molar-refractivity contribution in [3.05, 3.63) is 33.0 Å². The van der Waals surface area contributed by atoms with E-state index in [0.29, 0.717) is 36.5 Å². The number of aliphatic hydroxyl groups excluding tert-OH is 1. The maximum Gasteiger partial charge on any atom is 0.191 e. The first kappa shape index (κ1) is 23.1. The van der Waals surface area contributed by atoms with Crippen LogP contribution in [0.5, 0.6) is 0 Å². The molecule has 0 fully saturated rings. The molecule has 1 unspecified atom stereocenters. The number of ether oxygens (including phenoxy) is 1. The van der Waals surface area contributed by atoms with Crippen molar-refractivity contribution < 1.29 is 9.84 Å². The normalized spacial score (nSPS) is 12.6. The van der Waals surface area contributed by atoms with Gasteiger partial charge < -0.3 is 25.0 Å². The predicted molar refractivity (Wildman–Crippen MR) is 114 cm³/mol. The zero-order valence-electron chi connectivity index (χ0n) is 14.9. The molecular weight excluding hydrogens is 491 g/mol. The Bertz CT molecular complexity index is 708. The summed E-state index contributed by atoms with van der Waals surface area (Å²) < 4.78 is 7.58. The van der Waals surface area contributed by atoms with Gasteiger partial charge in [0.1, 0.15) is 18.5 Å². The molecule has 0 radical (unpaired) electrons. The Labute approximate surface area is 179 Å². The lowest BCUT2D eigenvalue weighted by Crippen LogP contribution is -2.40. The van der Waals surface area contributed by atoms with E-state index < -0.39 is 6.10 Å². The van der Waals surface area contributed by atoms with E-state index in [2.05, 4.69) is 25.8 Å². The Kier molecular flexibility index (Phi) is 10.4. The smallest absolute Gasteiger partial charge is 0.191 e. The first-order valence-electron chi connectivity index (χ1n) is 7.80. The van der Waals surface area contributed by atoms with E-state index in [1.807, 2.05) is 24.6 Å². The number of thiophene rings is 1. The third-order valence-corrected chi connectivity index (χ3v) is 4.88. The van der Waals surface area contributed by atoms with Gasteiger partial charge in [0.25, 0.3) is 0 Å². The van der Waals surface area contributed by atoms with Gasteiger partial charge in [-0.3, -0.25) is 0 Å². The third-order valence-electron chi connectivity index (χ3n) is 3.55. The van der Waals surface area contributed by atoms with Crippen LogP contribution in [0, 0.1) is 6.92 Å². The Balaban J connectivity index is 0.00000338. The number of aromatic nitrogens is 3. The van der Waals surface area contributed by atoms with Gasteiger partial charge in [-0.05, 0) is 19.1 Å². The highest BCUT2D eigenvalue weighted by molar-refractivity contribution is 14.0. The molecule has 0 aliphatic carbocycles. The Morgan fingerprint density at radius 3 is 2.77 bits per heavy atom. The number of nitrogens with one attached hydrogen (secondary N) is 2. The van der Waals surface area contributed by atoms with Crippen molar-refractivity contribution in [2.24, 2.45) is 12.0 Å². The summed E-state index contributed by atoms with van der Waals surface area (Å²) >= 11 is 7.27. The van der Waals surface area contributed by atoms with E-state index in [-0.39, 0.29) is 24.0 Å². The second-order valence-corrected chi connectivity index (χ2v) is 7.09. The molecule has 3 N–H and O–H groups in total. The molecule has 2 aromatic rings. The average Bonchev–Trinajstić information content (AvgIpc) is 3.16. The van der Waals surface area contributed by atoms with Crippen molar-refractivity contribution in [1.82, 2.24) is 25.4 Å². The van der Waals surface area contributed by atoms with Crippen LogP contribution in [-0.2, 0) is 18.3 Å². The fourth-order valence-corrected chi connectivity index (χ4v) is 3.03. The highest BCUT2D eigenvalue weighted by Crippen LogP contribution is 2.26. The van der Waals surface area contributed by atoms with Gasteiger partial charge >= 0.3 is 0 Å². The molecule has 0 amide bonds. The maximum atomic E-state index is 10.2. The van der Waals surface area contributed by atoms with Crippen LogP contribution in [0.2, 0.25) is 4.34 Å². The van der Waals surface area contributed by atoms with Gasteiger partial charge in [-0.1, -0.05) is 11.6 Å². The van der Waals surface area contributed by atoms with Crippen LogP contribution in [0.25, 0.3) is 0 Å². The third kappa shape index (κ3) is 6.99. The summed E-state index contributed by atoms with van der Waals surface area (Å²) in [6, 6.07) is 3.59. The lowest BCUT2D eigenvalue weighted by atomic mass is 10.3. The number of hydrogen-bond acceptors (Lipinski definition) is 6. The SMILES string of the molecule is COCCNC(=NCc1nnc(C)n1C)NCC(O)c1ccc(Cl)s1.I. The van der Waals surface area contributed by atoms with Crippen LogP contribution in [0.1, 0.15) is 22.6 Å². The van der Waals surface area contributed by atoms with Crippen molar-refractivity contribution in [2.75, 3.05) is 26.8 Å². The Morgan fingerprint density at radius 1 is 1.42 bits per heavy atom. The molecule has 0 saturated heterocycles. The van der Waals surface area contributed by atoms with Gasteiger partial charge in [0.2, 0.25) is 0 Å². The summed E-state index contributed by atoms with van der Waals surface area (Å²) in [5, 5.41) is 24.6. The topological polar surface area (TPSA) is 96.6 Å². The minimum absolute atomic E-state index is 0. The lowest BCUT2D eigenvalue weighted by molar-refractivity contribution is 0.184. The van der Waals surface area contributed by atoms with Crippen LogP contribution in [0.15, 0.2) is 17.1 Å². The number of aliphatic imine (C=N–C) groups is 1. The number of hydrogen-bond donors (Lipinski definition) is 3. The molecule has 146 valence electrons. The van der Waals surface area contributed by atoms with Crippen LogP contribution in [0.3, 0.4) is 0 Å². The molecule has 2 aromatic heterocycles. The molecule has 11 heteroatoms. The molecule has 1 atom stereocenters. The first-order valence-corrected chi connectivity index (χ1v) is 9.00. The second kappa shape index (κ2) is 11.7. The molecule has 2 heterocycles. The molecule has 0 saturated carbocycles. The van der Waals surface area contributed by atoms with Gasteiger partial charge in [0.15, 0.2) is 11.8 Å². The van der Waals surface area contributed by atoms with Gasteiger partial charge in [-0.25, -0.2) is 4.99 Å². The van der Waals surface area contributed by atoms with Crippen molar-refractivity contribution in [3.8, 4) is 0 Å². The fourth-order valence-electron chi connectivity index (χ4n) is 1.99. The Morgan fingerprint density at radius 2 is 2.19 bits per heavy atom. The summed E-state index contributed by atoms with van der Waals surface area (Å²) in [7, 11) is 3.54. The molecule has 0 aliphatic heterocycles. The first-order chi connectivity index (χ1) is 12.0. The van der Waals surface area contributed by atoms with Crippen LogP contribution < -0.4 is 10.6 Å². The zero-order valence-corrected chi connectivity index (χ0v) is 18.8. The fraction of sp³-hybridized carbons (Fsp3) is 0.533. The van der Waals surface area contributed by atoms with Gasteiger partial charge in [-0.2, -0.15) is 0 Å². The summed E-state index contributed by atoms with van der Waals surface area (Å²) in [6.07, 6.45) is -0.663. The van der Waals surface area contributed by atoms with E-state index in [0.717, 1.165) is 16.5 Å². The highest BCUT2D eigenvalue weighted by Gasteiger charge is 2.11. The number of aliphatic hydroxyl groups is 1. The molecule has 0 aliphatic rings. The molecular formula is C15H24ClIN6O2S. The quantitative estimate of drug-likeness (QED) is 0.215. The Hall–Kier alpha value is -0.950. The van der Waals surface area contributed by atoms with Gasteiger partial charge in [0.05, 0.1) is 10.9 Å². The molecule has 0 aromatic carbocycles. The largest absolute Gasteiger partial charge is 0.386 e. The minimum atomic E-state index is -0.663. The molecule has 26 heavy (non-hydrogen) atoms. The van der Waals surface area contributed by atoms with E-state index in [1.165, 1.54) is 11.3 Å². The van der Waals surface area contributed by atoms with E-state index in [9.17, 15) is 5.11 Å². The molecule has 8 nitrogen and oxygen atoms in total. The minimum Gasteiger partial charge on any atom is -0.386 e. The van der Waals surface area contributed by atoms with E-state index >= 15 is 0 Å². The number of guanidine groups is 1. The second-order valence-electron chi connectivity index (χ2n) is 5.35. The van der Waals surface area contributed by atoms with Crippen LogP contribution in [-0.4, -0.2) is 52.6 Å². The zero-order chi connectivity index (χ0) is 18.2. The van der Waals surface area contributed by atoms with Gasteiger partial charge in [0, 0.05) is 32.1 Å². The van der Waals surface area contributed by atoms with Crippen molar-refractivity contribution >= 4 is 52.9 Å². The summed E-state index contributed by atoms with van der Waals surface area (Å²) in [5.74, 6) is 2.16. The summed E-state index contributed by atoms with van der Waals surface area (Å²) in [5.41, 5.74) is 0. The lowest BCUT2D eigenvalue weighted by Gasteiger charge is -2.15. The number of nitrogens with zero attached hydrogens (tertiary/aromatic N) is 4. The maximum absolute atomic E-state index is 10.2. The van der Waals surface area contributed by atoms with Crippen molar-refractivity contribution in [2.45, 2.75) is 19.6 Å². The van der Waals surface area contributed by atoms with E-state index in [4.69, 9.17) is 16.3 Å². The van der Waals surface area contributed by atoms with E-state index in [1.54, 1.807) is 13.2 Å². The van der Waals surface area contributed by atoms with Crippen molar-refractivity contribution in [1.29, 1.82) is 0 Å². The molecule has 0 bridgehead atoms. The number of methoxy groups -OCH3 is 1.